The molecule has 3 heteroatoms. The van der Waals surface area contributed by atoms with Crippen LogP contribution in [0.15, 0.2) is 33.5 Å². The summed E-state index contributed by atoms with van der Waals surface area (Å²) < 4.78 is 5.29. The summed E-state index contributed by atoms with van der Waals surface area (Å²) >= 11 is 0. The highest BCUT2D eigenvalue weighted by molar-refractivity contribution is 5.81. The Balaban J connectivity index is 2.57. The van der Waals surface area contributed by atoms with Gasteiger partial charge in [-0.2, -0.15) is 0 Å². The Morgan fingerprint density at radius 1 is 1.18 bits per heavy atom. The minimum absolute atomic E-state index is 0.255. The number of benzene rings is 1. The first-order chi connectivity index (χ1) is 8.15. The first kappa shape index (κ1) is 11.7. The van der Waals surface area contributed by atoms with Gasteiger partial charge in [0.1, 0.15) is 5.58 Å². The van der Waals surface area contributed by atoms with Crippen LogP contribution in [0.25, 0.3) is 11.0 Å². The Hall–Kier alpha value is -1.77. The van der Waals surface area contributed by atoms with E-state index in [2.05, 4.69) is 24.8 Å². The van der Waals surface area contributed by atoms with Gasteiger partial charge in [0.2, 0.25) is 0 Å². The molecule has 0 atom stereocenters. The average molecular weight is 231 g/mol. The summed E-state index contributed by atoms with van der Waals surface area (Å²) in [5.74, 6) is 0. The normalized spacial score (nSPS) is 10.8. The second kappa shape index (κ2) is 4.62. The van der Waals surface area contributed by atoms with E-state index in [9.17, 15) is 4.79 Å². The molecule has 0 amide bonds. The Morgan fingerprint density at radius 3 is 2.53 bits per heavy atom. The van der Waals surface area contributed by atoms with Crippen LogP contribution in [0.2, 0.25) is 0 Å². The van der Waals surface area contributed by atoms with Crippen molar-refractivity contribution in [2.24, 2.45) is 0 Å². The average Bonchev–Trinajstić information content (AvgIpc) is 2.32. The molecular weight excluding hydrogens is 214 g/mol. The SMILES string of the molecule is CCN(CC)c1ccc2cc(C)c(=O)oc2c1. The lowest BCUT2D eigenvalue weighted by molar-refractivity contribution is 0.555. The molecule has 0 fully saturated rings. The maximum absolute atomic E-state index is 11.5. The van der Waals surface area contributed by atoms with E-state index in [0.29, 0.717) is 11.1 Å². The van der Waals surface area contributed by atoms with Gasteiger partial charge in [0, 0.05) is 35.8 Å². The third-order valence-corrected chi connectivity index (χ3v) is 3.02. The molecule has 1 heterocycles. The number of anilines is 1. The summed E-state index contributed by atoms with van der Waals surface area (Å²) in [4.78, 5) is 13.7. The first-order valence-electron chi connectivity index (χ1n) is 5.95. The number of fused-ring (bicyclic) bond motifs is 1. The van der Waals surface area contributed by atoms with Crippen LogP contribution < -0.4 is 10.5 Å². The molecule has 1 aromatic carbocycles. The predicted molar refractivity (Wildman–Crippen MR) is 70.8 cm³/mol. The fourth-order valence-electron chi connectivity index (χ4n) is 1.99. The fourth-order valence-corrected chi connectivity index (χ4v) is 1.99. The monoisotopic (exact) mass is 231 g/mol. The zero-order valence-electron chi connectivity index (χ0n) is 10.5. The molecular formula is C14H17NO2. The minimum atomic E-state index is -0.255. The van der Waals surface area contributed by atoms with Gasteiger partial charge >= 0.3 is 5.63 Å². The summed E-state index contributed by atoms with van der Waals surface area (Å²) in [6.45, 7) is 7.87. The number of nitrogens with zero attached hydrogens (tertiary/aromatic N) is 1. The second-order valence-corrected chi connectivity index (χ2v) is 4.11. The van der Waals surface area contributed by atoms with Crippen LogP contribution in [0.5, 0.6) is 0 Å². The molecule has 0 spiro atoms. The highest BCUT2D eigenvalue weighted by atomic mass is 16.4. The van der Waals surface area contributed by atoms with Crippen LogP contribution in [0.4, 0.5) is 5.69 Å². The number of aryl methyl sites for hydroxylation is 1. The second-order valence-electron chi connectivity index (χ2n) is 4.11. The number of hydrogen-bond donors (Lipinski definition) is 0. The largest absolute Gasteiger partial charge is 0.422 e. The highest BCUT2D eigenvalue weighted by Crippen LogP contribution is 2.21. The zero-order valence-corrected chi connectivity index (χ0v) is 10.5. The van der Waals surface area contributed by atoms with E-state index in [1.54, 1.807) is 6.92 Å². The van der Waals surface area contributed by atoms with Crippen molar-refractivity contribution in [3.05, 3.63) is 40.2 Å². The van der Waals surface area contributed by atoms with E-state index < -0.39 is 0 Å². The van der Waals surface area contributed by atoms with E-state index in [1.165, 1.54) is 0 Å². The van der Waals surface area contributed by atoms with Crippen molar-refractivity contribution < 1.29 is 4.42 Å². The molecule has 1 aromatic heterocycles. The molecule has 0 radical (unpaired) electrons. The van der Waals surface area contributed by atoms with Crippen LogP contribution in [-0.4, -0.2) is 13.1 Å². The summed E-state index contributed by atoms with van der Waals surface area (Å²) in [6, 6.07) is 7.87. The van der Waals surface area contributed by atoms with Gasteiger partial charge < -0.3 is 9.32 Å². The summed E-state index contributed by atoms with van der Waals surface area (Å²) in [7, 11) is 0. The Kier molecular flexibility index (Phi) is 3.18. The van der Waals surface area contributed by atoms with E-state index in [0.717, 1.165) is 24.2 Å². The van der Waals surface area contributed by atoms with Crippen molar-refractivity contribution in [1.29, 1.82) is 0 Å². The standard InChI is InChI=1S/C14H17NO2/c1-4-15(5-2)12-7-6-11-8-10(3)14(16)17-13(11)9-12/h6-9H,4-5H2,1-3H3. The number of rotatable bonds is 3. The van der Waals surface area contributed by atoms with E-state index in [-0.39, 0.29) is 5.63 Å². The van der Waals surface area contributed by atoms with Gasteiger partial charge in [0.05, 0.1) is 0 Å². The maximum atomic E-state index is 11.5. The van der Waals surface area contributed by atoms with Crippen LogP contribution >= 0.6 is 0 Å². The molecule has 0 saturated carbocycles. The van der Waals surface area contributed by atoms with Gasteiger partial charge in [-0.25, -0.2) is 4.79 Å². The van der Waals surface area contributed by atoms with Gasteiger partial charge in [-0.05, 0) is 39.0 Å². The molecule has 0 aliphatic carbocycles. The molecule has 2 aromatic rings. The quantitative estimate of drug-likeness (QED) is 0.761. The molecule has 0 aliphatic heterocycles. The first-order valence-corrected chi connectivity index (χ1v) is 5.95. The third-order valence-electron chi connectivity index (χ3n) is 3.02. The minimum Gasteiger partial charge on any atom is -0.422 e. The lowest BCUT2D eigenvalue weighted by atomic mass is 10.1. The summed E-state index contributed by atoms with van der Waals surface area (Å²) in [5.41, 5.74) is 2.14. The topological polar surface area (TPSA) is 33.5 Å². The van der Waals surface area contributed by atoms with Crippen LogP contribution in [0.3, 0.4) is 0 Å². The molecule has 90 valence electrons. The molecule has 0 saturated heterocycles. The lowest BCUT2D eigenvalue weighted by Gasteiger charge is -2.20. The molecule has 17 heavy (non-hydrogen) atoms. The van der Waals surface area contributed by atoms with Gasteiger partial charge in [0.15, 0.2) is 0 Å². The van der Waals surface area contributed by atoms with Crippen LogP contribution in [0, 0.1) is 6.92 Å². The maximum Gasteiger partial charge on any atom is 0.339 e. The van der Waals surface area contributed by atoms with E-state index in [4.69, 9.17) is 4.42 Å². The van der Waals surface area contributed by atoms with E-state index >= 15 is 0 Å². The third kappa shape index (κ3) is 2.18. The van der Waals surface area contributed by atoms with Gasteiger partial charge in [0.25, 0.3) is 0 Å². The van der Waals surface area contributed by atoms with Crippen LogP contribution in [0.1, 0.15) is 19.4 Å². The Labute approximate surface area is 101 Å². The predicted octanol–water partition coefficient (Wildman–Crippen LogP) is 2.95. The summed E-state index contributed by atoms with van der Waals surface area (Å²) in [6.07, 6.45) is 0. The van der Waals surface area contributed by atoms with E-state index in [1.807, 2.05) is 18.2 Å². The molecule has 3 nitrogen and oxygen atoms in total. The summed E-state index contributed by atoms with van der Waals surface area (Å²) in [5, 5.41) is 0.970. The van der Waals surface area contributed by atoms with Crippen molar-refractivity contribution in [3.63, 3.8) is 0 Å². The molecule has 2 rings (SSSR count). The van der Waals surface area contributed by atoms with Crippen molar-refractivity contribution in [3.8, 4) is 0 Å². The Morgan fingerprint density at radius 2 is 1.88 bits per heavy atom. The molecule has 0 bridgehead atoms. The van der Waals surface area contributed by atoms with Crippen LogP contribution in [-0.2, 0) is 0 Å². The van der Waals surface area contributed by atoms with Gasteiger partial charge in [-0.15, -0.1) is 0 Å². The van der Waals surface area contributed by atoms with Gasteiger partial charge in [-0.3, -0.25) is 0 Å². The number of hydrogen-bond acceptors (Lipinski definition) is 3. The molecule has 0 N–H and O–H groups in total. The zero-order chi connectivity index (χ0) is 12.4. The smallest absolute Gasteiger partial charge is 0.339 e. The van der Waals surface area contributed by atoms with Crippen molar-refractivity contribution >= 4 is 16.7 Å². The van der Waals surface area contributed by atoms with Crippen molar-refractivity contribution in [2.45, 2.75) is 20.8 Å². The lowest BCUT2D eigenvalue weighted by Crippen LogP contribution is -2.21. The molecule has 0 aliphatic rings. The Bertz CT molecular complexity index is 582. The van der Waals surface area contributed by atoms with Gasteiger partial charge in [-0.1, -0.05) is 0 Å². The highest BCUT2D eigenvalue weighted by Gasteiger charge is 2.05. The molecule has 0 unspecified atom stereocenters. The van der Waals surface area contributed by atoms with Crippen molar-refractivity contribution in [2.75, 3.05) is 18.0 Å². The fraction of sp³-hybridized carbons (Fsp3) is 0.357. The van der Waals surface area contributed by atoms with Crippen molar-refractivity contribution in [1.82, 2.24) is 0 Å².